The molecular weight excluding hydrogens is 362 g/mol. The molecule has 2 saturated heterocycles. The summed E-state index contributed by atoms with van der Waals surface area (Å²) in [6.07, 6.45) is 2.64. The van der Waals surface area contributed by atoms with Gasteiger partial charge in [0.25, 0.3) is 0 Å². The summed E-state index contributed by atoms with van der Waals surface area (Å²) >= 11 is 1.73. The van der Waals surface area contributed by atoms with E-state index in [1.165, 1.54) is 4.70 Å². The van der Waals surface area contributed by atoms with E-state index in [0.717, 1.165) is 29.9 Å². The molecule has 1 aromatic heterocycles. The van der Waals surface area contributed by atoms with Crippen molar-refractivity contribution < 1.29 is 14.3 Å². The summed E-state index contributed by atoms with van der Waals surface area (Å²) in [5.41, 5.74) is 1.04. The number of hydrogen-bond acceptors (Lipinski definition) is 5. The minimum atomic E-state index is 0.0615. The van der Waals surface area contributed by atoms with E-state index in [2.05, 4.69) is 6.07 Å². The second kappa shape index (κ2) is 8.35. The Kier molecular flexibility index (Phi) is 5.69. The third kappa shape index (κ3) is 4.30. The molecule has 2 aromatic rings. The molecule has 0 unspecified atom stereocenters. The van der Waals surface area contributed by atoms with Gasteiger partial charge in [0.2, 0.25) is 11.8 Å². The Morgan fingerprint density at radius 3 is 2.59 bits per heavy atom. The molecule has 0 radical (unpaired) electrons. The van der Waals surface area contributed by atoms with Gasteiger partial charge in [-0.1, -0.05) is 12.1 Å². The van der Waals surface area contributed by atoms with Gasteiger partial charge in [0, 0.05) is 44.9 Å². The van der Waals surface area contributed by atoms with Crippen molar-refractivity contribution in [2.45, 2.75) is 31.6 Å². The van der Waals surface area contributed by atoms with E-state index in [0.29, 0.717) is 51.6 Å². The van der Waals surface area contributed by atoms with Gasteiger partial charge in [-0.2, -0.15) is 0 Å². The van der Waals surface area contributed by atoms with Gasteiger partial charge in [-0.3, -0.25) is 9.59 Å². The molecular formula is C20H25N3O3S. The SMILES string of the molecule is O=C(CCC(=O)N1CCC[C@@H](c2nc3ccccc3s2)C1)N1CCOCC1. The van der Waals surface area contributed by atoms with Crippen molar-refractivity contribution in [1.29, 1.82) is 0 Å². The lowest BCUT2D eigenvalue weighted by Crippen LogP contribution is -2.42. The molecule has 7 heteroatoms. The number of piperidine rings is 1. The Hall–Kier alpha value is -1.99. The van der Waals surface area contributed by atoms with Crippen LogP contribution in [0.1, 0.15) is 36.6 Å². The number of aromatic nitrogens is 1. The van der Waals surface area contributed by atoms with Gasteiger partial charge in [-0.15, -0.1) is 11.3 Å². The summed E-state index contributed by atoms with van der Waals surface area (Å²) in [5.74, 6) is 0.448. The van der Waals surface area contributed by atoms with Crippen LogP contribution in [0.25, 0.3) is 10.2 Å². The highest BCUT2D eigenvalue weighted by molar-refractivity contribution is 7.18. The zero-order valence-electron chi connectivity index (χ0n) is 15.4. The van der Waals surface area contributed by atoms with Crippen molar-refractivity contribution >= 4 is 33.4 Å². The molecule has 2 aliphatic rings. The van der Waals surface area contributed by atoms with Gasteiger partial charge >= 0.3 is 0 Å². The maximum absolute atomic E-state index is 12.6. The fourth-order valence-corrected chi connectivity index (χ4v) is 4.91. The molecule has 3 heterocycles. The third-order valence-electron chi connectivity index (χ3n) is 5.35. The Balaban J connectivity index is 1.33. The summed E-state index contributed by atoms with van der Waals surface area (Å²) in [6.45, 7) is 3.95. The van der Waals surface area contributed by atoms with Gasteiger partial charge in [0.1, 0.15) is 0 Å². The summed E-state index contributed by atoms with van der Waals surface area (Å²) in [5, 5.41) is 1.12. The summed E-state index contributed by atoms with van der Waals surface area (Å²) in [4.78, 5) is 33.4. The van der Waals surface area contributed by atoms with Gasteiger partial charge < -0.3 is 14.5 Å². The van der Waals surface area contributed by atoms with Gasteiger partial charge in [-0.25, -0.2) is 4.98 Å². The molecule has 1 aromatic carbocycles. The molecule has 2 amide bonds. The van der Waals surface area contributed by atoms with Crippen LogP contribution in [-0.4, -0.2) is 66.0 Å². The van der Waals surface area contributed by atoms with E-state index < -0.39 is 0 Å². The smallest absolute Gasteiger partial charge is 0.223 e. The molecule has 0 N–H and O–H groups in total. The second-order valence-electron chi connectivity index (χ2n) is 7.19. The van der Waals surface area contributed by atoms with Crippen molar-refractivity contribution in [3.63, 3.8) is 0 Å². The van der Waals surface area contributed by atoms with Crippen LogP contribution < -0.4 is 0 Å². The number of rotatable bonds is 4. The van der Waals surface area contributed by atoms with Crippen molar-refractivity contribution in [3.05, 3.63) is 29.3 Å². The number of benzene rings is 1. The highest BCUT2D eigenvalue weighted by atomic mass is 32.1. The summed E-state index contributed by atoms with van der Waals surface area (Å²) in [7, 11) is 0. The quantitative estimate of drug-likeness (QED) is 0.809. The Morgan fingerprint density at radius 1 is 1.07 bits per heavy atom. The van der Waals surface area contributed by atoms with E-state index in [1.54, 1.807) is 16.2 Å². The fourth-order valence-electron chi connectivity index (χ4n) is 3.81. The number of amides is 2. The van der Waals surface area contributed by atoms with Gasteiger partial charge in [0.05, 0.1) is 28.4 Å². The number of fused-ring (bicyclic) bond motifs is 1. The first-order valence-corrected chi connectivity index (χ1v) is 10.5. The number of ether oxygens (including phenoxy) is 1. The van der Waals surface area contributed by atoms with Crippen LogP contribution >= 0.6 is 11.3 Å². The predicted molar refractivity (Wildman–Crippen MR) is 105 cm³/mol. The number of carbonyl (C=O) groups excluding carboxylic acids is 2. The molecule has 144 valence electrons. The zero-order chi connectivity index (χ0) is 18.6. The Morgan fingerprint density at radius 2 is 1.81 bits per heavy atom. The van der Waals surface area contributed by atoms with E-state index >= 15 is 0 Å². The molecule has 0 bridgehead atoms. The average molecular weight is 388 g/mol. The number of thiazole rings is 1. The van der Waals surface area contributed by atoms with Crippen molar-refractivity contribution in [2.24, 2.45) is 0 Å². The highest BCUT2D eigenvalue weighted by Crippen LogP contribution is 2.33. The molecule has 4 rings (SSSR count). The number of morpholine rings is 1. The highest BCUT2D eigenvalue weighted by Gasteiger charge is 2.27. The topological polar surface area (TPSA) is 62.7 Å². The number of para-hydroxylation sites is 1. The third-order valence-corrected chi connectivity index (χ3v) is 6.55. The van der Waals surface area contributed by atoms with Crippen LogP contribution in [0.2, 0.25) is 0 Å². The lowest BCUT2D eigenvalue weighted by atomic mass is 9.98. The molecule has 1 atom stereocenters. The molecule has 0 aliphatic carbocycles. The first kappa shape index (κ1) is 18.4. The van der Waals surface area contributed by atoms with Crippen LogP contribution in [0.15, 0.2) is 24.3 Å². The van der Waals surface area contributed by atoms with E-state index in [1.807, 2.05) is 23.1 Å². The maximum Gasteiger partial charge on any atom is 0.223 e. The van der Waals surface area contributed by atoms with E-state index in [4.69, 9.17) is 9.72 Å². The molecule has 0 saturated carbocycles. The van der Waals surface area contributed by atoms with Crippen LogP contribution in [-0.2, 0) is 14.3 Å². The molecule has 6 nitrogen and oxygen atoms in total. The van der Waals surface area contributed by atoms with Crippen molar-refractivity contribution in [2.75, 3.05) is 39.4 Å². The number of hydrogen-bond donors (Lipinski definition) is 0. The monoisotopic (exact) mass is 387 g/mol. The normalized spacial score (nSPS) is 20.8. The summed E-state index contributed by atoms with van der Waals surface area (Å²) < 4.78 is 6.47. The minimum Gasteiger partial charge on any atom is -0.378 e. The van der Waals surface area contributed by atoms with Crippen molar-refractivity contribution in [1.82, 2.24) is 14.8 Å². The molecule has 2 fully saturated rings. The van der Waals surface area contributed by atoms with Crippen LogP contribution in [0, 0.1) is 0 Å². The predicted octanol–water partition coefficient (Wildman–Crippen LogP) is 2.64. The number of carbonyl (C=O) groups is 2. The van der Waals surface area contributed by atoms with E-state index in [9.17, 15) is 9.59 Å². The number of likely N-dealkylation sites (tertiary alicyclic amines) is 1. The number of nitrogens with zero attached hydrogens (tertiary/aromatic N) is 3. The maximum atomic E-state index is 12.6. The average Bonchev–Trinajstić information content (AvgIpc) is 3.17. The lowest BCUT2D eigenvalue weighted by Gasteiger charge is -2.32. The molecule has 0 spiro atoms. The van der Waals surface area contributed by atoms with Crippen LogP contribution in [0.3, 0.4) is 0 Å². The first-order valence-electron chi connectivity index (χ1n) is 9.69. The minimum absolute atomic E-state index is 0.0615. The first-order chi connectivity index (χ1) is 13.2. The van der Waals surface area contributed by atoms with Gasteiger partial charge in [-0.05, 0) is 25.0 Å². The largest absolute Gasteiger partial charge is 0.378 e. The van der Waals surface area contributed by atoms with Gasteiger partial charge in [0.15, 0.2) is 0 Å². The summed E-state index contributed by atoms with van der Waals surface area (Å²) in [6, 6.07) is 8.18. The van der Waals surface area contributed by atoms with E-state index in [-0.39, 0.29) is 11.8 Å². The molecule has 2 aliphatic heterocycles. The van der Waals surface area contributed by atoms with Crippen molar-refractivity contribution in [3.8, 4) is 0 Å². The fraction of sp³-hybridized carbons (Fsp3) is 0.550. The van der Waals surface area contributed by atoms with Crippen LogP contribution in [0.4, 0.5) is 0 Å². The standard InChI is InChI=1S/C20H25N3O3S/c24-18(22-10-12-26-13-11-22)7-8-19(25)23-9-3-4-15(14-23)20-21-16-5-1-2-6-17(16)27-20/h1-2,5-6,15H,3-4,7-14H2/t15-/m1/s1. The second-order valence-corrected chi connectivity index (χ2v) is 8.25. The lowest BCUT2D eigenvalue weighted by molar-refractivity contribution is -0.139. The zero-order valence-corrected chi connectivity index (χ0v) is 16.2. The molecule has 27 heavy (non-hydrogen) atoms. The Bertz CT molecular complexity index is 783. The Labute approximate surface area is 163 Å². The van der Waals surface area contributed by atoms with Crippen LogP contribution in [0.5, 0.6) is 0 Å².